The molecule has 0 aromatic carbocycles. The standard InChI is InChI=1S/C6H6N2O2/c1-2-3-4-10-6(9)5-8-7/h5H,4H2,1H3/p+1/b6-5-. The summed E-state index contributed by atoms with van der Waals surface area (Å²) in [5.74, 6) is 4.65. The van der Waals surface area contributed by atoms with Gasteiger partial charge in [0.15, 0.2) is 11.6 Å². The summed E-state index contributed by atoms with van der Waals surface area (Å²) in [6, 6.07) is 0. The Kier molecular flexibility index (Phi) is 4.54. The number of hydrogen-bond donors (Lipinski definition) is 1. The first-order chi connectivity index (χ1) is 4.81. The molecule has 52 valence electrons. The average Bonchev–Trinajstić information content (AvgIpc) is 1.89. The summed E-state index contributed by atoms with van der Waals surface area (Å²) < 4.78 is 4.51. The third kappa shape index (κ3) is 4.48. The number of hydrogen-bond acceptors (Lipinski definition) is 3. The highest BCUT2D eigenvalue weighted by Crippen LogP contribution is 1.89. The number of aliphatic hydroxyl groups is 1. The van der Waals surface area contributed by atoms with Gasteiger partial charge in [0.1, 0.15) is 0 Å². The predicted molar refractivity (Wildman–Crippen MR) is 35.2 cm³/mol. The van der Waals surface area contributed by atoms with Gasteiger partial charge in [0.2, 0.25) is 5.39 Å². The molecule has 0 aromatic heterocycles. The fourth-order valence-electron chi connectivity index (χ4n) is 0.269. The van der Waals surface area contributed by atoms with E-state index in [0.29, 0.717) is 0 Å². The van der Waals surface area contributed by atoms with E-state index in [4.69, 9.17) is 10.5 Å². The monoisotopic (exact) mass is 139 g/mol. The van der Waals surface area contributed by atoms with Crippen molar-refractivity contribution in [1.29, 1.82) is 5.39 Å². The van der Waals surface area contributed by atoms with Crippen molar-refractivity contribution >= 4 is 0 Å². The molecule has 0 aromatic rings. The lowest BCUT2D eigenvalue weighted by molar-refractivity contribution is 0.116. The van der Waals surface area contributed by atoms with Gasteiger partial charge in [0, 0.05) is 0 Å². The topological polar surface area (TPSA) is 57.6 Å². The van der Waals surface area contributed by atoms with Crippen LogP contribution in [0.1, 0.15) is 6.92 Å². The minimum atomic E-state index is -0.453. The molecule has 0 saturated heterocycles. The molecule has 0 aliphatic heterocycles. The average molecular weight is 139 g/mol. The molecule has 0 aliphatic rings. The Morgan fingerprint density at radius 2 is 2.60 bits per heavy atom. The maximum absolute atomic E-state index is 8.59. The van der Waals surface area contributed by atoms with Crippen molar-refractivity contribution in [2.24, 2.45) is 0 Å². The van der Waals surface area contributed by atoms with Gasteiger partial charge in [-0.25, -0.2) is 0 Å². The van der Waals surface area contributed by atoms with Gasteiger partial charge in [-0.05, 0) is 6.92 Å². The van der Waals surface area contributed by atoms with Crippen molar-refractivity contribution in [2.45, 2.75) is 6.92 Å². The zero-order valence-electron chi connectivity index (χ0n) is 5.53. The molecule has 4 heteroatoms. The Morgan fingerprint density at radius 3 is 3.10 bits per heavy atom. The highest BCUT2D eigenvalue weighted by atomic mass is 16.6. The van der Waals surface area contributed by atoms with Gasteiger partial charge in [-0.3, -0.25) is 0 Å². The number of rotatable bonds is 2. The number of diazo groups is 1. The number of nitrogens with zero attached hydrogens (tertiary/aromatic N) is 2. The molecular weight excluding hydrogens is 132 g/mol. The molecule has 0 spiro atoms. The van der Waals surface area contributed by atoms with E-state index in [2.05, 4.69) is 21.6 Å². The van der Waals surface area contributed by atoms with E-state index in [0.717, 1.165) is 6.20 Å². The molecule has 1 N–H and O–H groups in total. The summed E-state index contributed by atoms with van der Waals surface area (Å²) in [6.07, 6.45) is 0.775. The third-order valence-electron chi connectivity index (χ3n) is 0.637. The first kappa shape index (κ1) is 8.32. The molecule has 4 nitrogen and oxygen atoms in total. The minimum Gasteiger partial charge on any atom is -0.476 e. The molecule has 0 fully saturated rings. The second kappa shape index (κ2) is 5.46. The van der Waals surface area contributed by atoms with Crippen LogP contribution in [0.25, 0.3) is 4.98 Å². The molecular formula is C6H7N2O2+. The van der Waals surface area contributed by atoms with Gasteiger partial charge in [0.25, 0.3) is 0 Å². The maximum Gasteiger partial charge on any atom is 0.429 e. The van der Waals surface area contributed by atoms with Crippen LogP contribution < -0.4 is 0 Å². The van der Waals surface area contributed by atoms with E-state index >= 15 is 0 Å². The number of aliphatic hydroxyl groups excluding tert-OH is 1. The Morgan fingerprint density at radius 1 is 1.90 bits per heavy atom. The van der Waals surface area contributed by atoms with Crippen LogP contribution in [0, 0.1) is 17.2 Å². The zero-order chi connectivity index (χ0) is 7.82. The smallest absolute Gasteiger partial charge is 0.429 e. The minimum absolute atomic E-state index is 0.0916. The van der Waals surface area contributed by atoms with E-state index < -0.39 is 5.95 Å². The molecule has 0 bridgehead atoms. The fraction of sp³-hybridized carbons (Fsp3) is 0.333. The lowest BCUT2D eigenvalue weighted by Gasteiger charge is -1.91. The molecule has 0 aliphatic carbocycles. The molecule has 0 rings (SSSR count). The lowest BCUT2D eigenvalue weighted by atomic mass is 10.6. The summed E-state index contributed by atoms with van der Waals surface area (Å²) in [5, 5.41) is 16.5. The maximum atomic E-state index is 8.59. The summed E-state index contributed by atoms with van der Waals surface area (Å²) in [5.41, 5.74) is 0. The quantitative estimate of drug-likeness (QED) is 0.355. The summed E-state index contributed by atoms with van der Waals surface area (Å²) in [4.78, 5) is 2.53. The van der Waals surface area contributed by atoms with Gasteiger partial charge in [-0.2, -0.15) is 0 Å². The molecule has 0 radical (unpaired) electrons. The van der Waals surface area contributed by atoms with Crippen LogP contribution in [0.15, 0.2) is 12.1 Å². The van der Waals surface area contributed by atoms with Crippen molar-refractivity contribution in [3.8, 4) is 11.8 Å². The summed E-state index contributed by atoms with van der Waals surface area (Å²) in [7, 11) is 0. The van der Waals surface area contributed by atoms with E-state index in [1.807, 2.05) is 0 Å². The van der Waals surface area contributed by atoms with Crippen molar-refractivity contribution in [2.75, 3.05) is 6.61 Å². The Bertz CT molecular complexity index is 216. The Hall–Kier alpha value is -1.68. The van der Waals surface area contributed by atoms with Crippen LogP contribution in [-0.4, -0.2) is 11.7 Å². The zero-order valence-corrected chi connectivity index (χ0v) is 5.53. The van der Waals surface area contributed by atoms with Gasteiger partial charge >= 0.3 is 12.1 Å². The van der Waals surface area contributed by atoms with Gasteiger partial charge in [0.05, 0.1) is 0 Å². The van der Waals surface area contributed by atoms with E-state index in [1.165, 1.54) is 0 Å². The van der Waals surface area contributed by atoms with Crippen LogP contribution in [0.5, 0.6) is 0 Å². The van der Waals surface area contributed by atoms with Gasteiger partial charge < -0.3 is 9.84 Å². The van der Waals surface area contributed by atoms with Crippen LogP contribution in [0.4, 0.5) is 0 Å². The third-order valence-corrected chi connectivity index (χ3v) is 0.637. The van der Waals surface area contributed by atoms with Gasteiger partial charge in [-0.15, -0.1) is 5.92 Å². The van der Waals surface area contributed by atoms with Crippen molar-refractivity contribution in [3.05, 3.63) is 17.1 Å². The second-order valence-corrected chi connectivity index (χ2v) is 1.30. The summed E-state index contributed by atoms with van der Waals surface area (Å²) in [6.45, 7) is 1.74. The van der Waals surface area contributed by atoms with Crippen LogP contribution in [-0.2, 0) is 4.74 Å². The first-order valence-electron chi connectivity index (χ1n) is 2.57. The highest BCUT2D eigenvalue weighted by Gasteiger charge is 1.96. The van der Waals surface area contributed by atoms with E-state index in [1.54, 1.807) is 6.92 Å². The van der Waals surface area contributed by atoms with E-state index in [-0.39, 0.29) is 6.61 Å². The highest BCUT2D eigenvalue weighted by molar-refractivity contribution is 4.97. The molecule has 0 atom stereocenters. The Labute approximate surface area is 58.7 Å². The molecule has 0 saturated carbocycles. The predicted octanol–water partition coefficient (Wildman–Crippen LogP) is 1.24. The fourth-order valence-corrected chi connectivity index (χ4v) is 0.269. The van der Waals surface area contributed by atoms with Crippen LogP contribution in [0.2, 0.25) is 0 Å². The normalized spacial score (nSPS) is 9.00. The van der Waals surface area contributed by atoms with Crippen molar-refractivity contribution in [3.63, 3.8) is 0 Å². The van der Waals surface area contributed by atoms with Crippen molar-refractivity contribution < 1.29 is 9.84 Å². The molecule has 0 heterocycles. The molecule has 0 unspecified atom stereocenters. The lowest BCUT2D eigenvalue weighted by Crippen LogP contribution is -1.89. The Balaban J connectivity index is 3.58. The van der Waals surface area contributed by atoms with Crippen molar-refractivity contribution in [1.82, 2.24) is 0 Å². The van der Waals surface area contributed by atoms with Crippen LogP contribution >= 0.6 is 0 Å². The van der Waals surface area contributed by atoms with Crippen LogP contribution in [0.3, 0.4) is 0 Å². The van der Waals surface area contributed by atoms with Gasteiger partial charge in [-0.1, -0.05) is 5.92 Å². The SMILES string of the molecule is CC#CCO/C(O)=C\[N+]#N. The molecule has 0 amide bonds. The number of ether oxygens (including phenoxy) is 1. The van der Waals surface area contributed by atoms with E-state index in [9.17, 15) is 0 Å². The molecule has 10 heavy (non-hydrogen) atoms. The largest absolute Gasteiger partial charge is 0.476 e. The second-order valence-electron chi connectivity index (χ2n) is 1.30. The first-order valence-corrected chi connectivity index (χ1v) is 2.57. The summed E-state index contributed by atoms with van der Waals surface area (Å²) >= 11 is 0.